The zero-order chi connectivity index (χ0) is 61.5. The largest absolute Gasteiger partial charge is 0.480 e. The van der Waals surface area contributed by atoms with Crippen LogP contribution in [0.15, 0.2) is 121 Å². The zero-order valence-electron chi connectivity index (χ0n) is 50.5. The van der Waals surface area contributed by atoms with Crippen molar-refractivity contribution in [3.8, 4) is 46.0 Å². The molecule has 11 rings (SSSR count). The van der Waals surface area contributed by atoms with E-state index in [1.807, 2.05) is 125 Å². The lowest BCUT2D eigenvalue weighted by Gasteiger charge is -2.35. The molecule has 86 heavy (non-hydrogen) atoms. The molecule has 2 heterocycles. The molecule has 4 amide bonds. The van der Waals surface area contributed by atoms with Crippen LogP contribution in [0.3, 0.4) is 0 Å². The molecule has 0 saturated carbocycles. The Morgan fingerprint density at radius 2 is 0.547 bits per heavy atom. The number of carbonyl (C=O) groups excluding carboxylic acids is 4. The number of nitrogens with zero attached hydrogens (tertiary/aromatic N) is 2. The van der Waals surface area contributed by atoms with Crippen LogP contribution in [-0.4, -0.2) is 67.7 Å². The molecule has 14 heteroatoms. The number of rotatable bonds is 20. The fourth-order valence-corrected chi connectivity index (χ4v) is 12.1. The molecule has 2 atom stereocenters. The Balaban J connectivity index is 1.38. The molecule has 0 radical (unpaired) electrons. The van der Waals surface area contributed by atoms with Gasteiger partial charge in [-0.15, -0.1) is 0 Å². The van der Waals surface area contributed by atoms with Crippen molar-refractivity contribution < 1.29 is 57.9 Å². The second-order valence-electron chi connectivity index (χ2n) is 24.9. The molecule has 0 saturated heterocycles. The first-order valence-corrected chi connectivity index (χ1v) is 29.6. The SMILES string of the molecule is CC(C)CC(C(=O)O)N1C(=O)c2cc(Oc3ccc(C(C)C)cc3)c3c4c(Oc5ccc(C(C)C)cc5)cc5c6c(cc(Oc7ccc(C(C)C)cc7)c(c7c(Oc8ccc(C(C)C)cc8)cc(c2c37)C1=O)c64)C(=O)N(C(CC(C)C)C(=O)O)C5=O. The van der Waals surface area contributed by atoms with Crippen LogP contribution >= 0.6 is 0 Å². The Labute approximate surface area is 499 Å². The average molecular weight is 1160 g/mol. The predicted octanol–water partition coefficient (Wildman–Crippen LogP) is 17.6. The highest BCUT2D eigenvalue weighted by Crippen LogP contribution is 2.58. The number of carbonyl (C=O) groups is 6. The van der Waals surface area contributed by atoms with E-state index in [1.54, 1.807) is 0 Å². The van der Waals surface area contributed by atoms with Crippen molar-refractivity contribution in [2.45, 2.75) is 132 Å². The highest BCUT2D eigenvalue weighted by atomic mass is 16.5. The first-order valence-electron chi connectivity index (χ1n) is 29.6. The number of hydrogen-bond donors (Lipinski definition) is 2. The number of carboxylic acids is 2. The number of amides is 4. The Kier molecular flexibility index (Phi) is 15.4. The summed E-state index contributed by atoms with van der Waals surface area (Å²) in [5.41, 5.74) is 3.97. The van der Waals surface area contributed by atoms with E-state index in [9.17, 15) is 19.8 Å². The lowest BCUT2D eigenvalue weighted by atomic mass is 9.80. The van der Waals surface area contributed by atoms with E-state index in [0.717, 1.165) is 32.1 Å². The zero-order valence-corrected chi connectivity index (χ0v) is 50.5. The van der Waals surface area contributed by atoms with Crippen molar-refractivity contribution >= 4 is 78.7 Å². The predicted molar refractivity (Wildman–Crippen MR) is 333 cm³/mol. The van der Waals surface area contributed by atoms with Crippen LogP contribution in [0.25, 0.3) is 43.1 Å². The lowest BCUT2D eigenvalue weighted by Crippen LogP contribution is -2.51. The Morgan fingerprint density at radius 1 is 0.337 bits per heavy atom. The van der Waals surface area contributed by atoms with Gasteiger partial charge in [-0.2, -0.15) is 0 Å². The van der Waals surface area contributed by atoms with Gasteiger partial charge in [0.1, 0.15) is 58.1 Å². The van der Waals surface area contributed by atoms with Gasteiger partial charge in [0.15, 0.2) is 0 Å². The van der Waals surface area contributed by atoms with Gasteiger partial charge in [0, 0.05) is 43.1 Å². The molecule has 0 aliphatic carbocycles. The fraction of sp³-hybridized carbons (Fsp3) is 0.306. The molecule has 14 nitrogen and oxygen atoms in total. The Bertz CT molecular complexity index is 3710. The van der Waals surface area contributed by atoms with Gasteiger partial charge in [-0.1, -0.05) is 132 Å². The molecule has 2 N–H and O–H groups in total. The fourth-order valence-electron chi connectivity index (χ4n) is 12.1. The molecule has 9 aromatic carbocycles. The minimum absolute atomic E-state index is 0.0327. The maximum Gasteiger partial charge on any atom is 0.326 e. The van der Waals surface area contributed by atoms with Gasteiger partial charge in [-0.3, -0.25) is 29.0 Å². The second-order valence-corrected chi connectivity index (χ2v) is 24.9. The van der Waals surface area contributed by atoms with Crippen molar-refractivity contribution in [2.24, 2.45) is 11.8 Å². The van der Waals surface area contributed by atoms with Crippen LogP contribution in [0.2, 0.25) is 0 Å². The molecule has 0 spiro atoms. The molecule has 2 unspecified atom stereocenters. The lowest BCUT2D eigenvalue weighted by molar-refractivity contribution is -0.143. The summed E-state index contributed by atoms with van der Waals surface area (Å²) in [7, 11) is 0. The number of benzene rings is 9. The second kappa shape index (κ2) is 22.6. The summed E-state index contributed by atoms with van der Waals surface area (Å²) in [6.07, 6.45) is -0.0916. The Morgan fingerprint density at radius 3 is 0.721 bits per heavy atom. The quantitative estimate of drug-likeness (QED) is 0.0418. The standard InChI is InChI=1S/C72H70N2O12/c1-35(2)29-53(71(79)80)73-67(75)49-31-55(83-45-21-13-41(14-22-45)37(5)6)61-63-57(85-47-25-17-43(18-26-47)39(9)10)33-51-60-52(70(78)74(69(51)77)54(72(81)82)30-36(3)4)34-58(86-48-27-19-44(20-28-48)40(11)12)64(66(60)63)62-56(32-50(68(73)76)59(49)65(61)62)84-46-23-15-42(16-24-46)38(7)8/h13-28,31-40,53-54H,29-30H2,1-12H3,(H,79,80)(H,81,82). The van der Waals surface area contributed by atoms with Crippen molar-refractivity contribution in [3.05, 3.63) is 166 Å². The van der Waals surface area contributed by atoms with Crippen molar-refractivity contribution in [3.63, 3.8) is 0 Å². The number of carboxylic acid groups (broad SMARTS) is 2. The van der Waals surface area contributed by atoms with Gasteiger partial charge in [-0.05, 0) is 143 Å². The summed E-state index contributed by atoms with van der Waals surface area (Å²) in [5, 5.41) is 23.8. The van der Waals surface area contributed by atoms with E-state index in [2.05, 4.69) is 55.4 Å². The van der Waals surface area contributed by atoms with E-state index in [1.165, 1.54) is 24.3 Å². The van der Waals surface area contributed by atoms with Crippen LogP contribution in [0, 0.1) is 11.8 Å². The third-order valence-corrected chi connectivity index (χ3v) is 16.6. The van der Waals surface area contributed by atoms with Gasteiger partial charge < -0.3 is 29.2 Å². The first kappa shape index (κ1) is 58.5. The van der Waals surface area contributed by atoms with Crippen molar-refractivity contribution in [1.29, 1.82) is 0 Å². The van der Waals surface area contributed by atoms with Gasteiger partial charge >= 0.3 is 11.9 Å². The van der Waals surface area contributed by atoms with Crippen LogP contribution in [-0.2, 0) is 9.59 Å². The molecule has 0 bridgehead atoms. The minimum atomic E-state index is -1.57. The molecular formula is C72H70N2O12. The van der Waals surface area contributed by atoms with Gasteiger partial charge in [0.2, 0.25) is 0 Å². The maximum atomic E-state index is 15.7. The molecular weight excluding hydrogens is 1080 g/mol. The smallest absolute Gasteiger partial charge is 0.326 e. The summed E-state index contributed by atoms with van der Waals surface area (Å²) in [6.45, 7) is 23.8. The van der Waals surface area contributed by atoms with Crippen LogP contribution < -0.4 is 18.9 Å². The number of ether oxygens (including phenoxy) is 4. The average Bonchev–Trinajstić information content (AvgIpc) is 0.676. The van der Waals surface area contributed by atoms with Crippen LogP contribution in [0.5, 0.6) is 46.0 Å². The van der Waals surface area contributed by atoms with Gasteiger partial charge in [-0.25, -0.2) is 9.59 Å². The summed E-state index contributed by atoms with van der Waals surface area (Å²) in [6, 6.07) is 32.9. The number of fused-ring (bicyclic) bond motifs is 2. The molecule has 9 aromatic rings. The number of imide groups is 2. The van der Waals surface area contributed by atoms with Crippen molar-refractivity contribution in [1.82, 2.24) is 9.80 Å². The van der Waals surface area contributed by atoms with Crippen molar-refractivity contribution in [2.75, 3.05) is 0 Å². The molecule has 2 aliphatic heterocycles. The molecule has 2 aliphatic rings. The number of aliphatic carboxylic acids is 2. The summed E-state index contributed by atoms with van der Waals surface area (Å²) in [5.74, 6) is -4.29. The van der Waals surface area contributed by atoms with E-state index in [0.29, 0.717) is 23.0 Å². The van der Waals surface area contributed by atoms with E-state index < -0.39 is 47.7 Å². The topological polar surface area (TPSA) is 186 Å². The van der Waals surface area contributed by atoms with Crippen LogP contribution in [0.4, 0.5) is 0 Å². The Hall–Kier alpha value is -9.30. The third-order valence-electron chi connectivity index (χ3n) is 16.6. The number of hydrogen-bond acceptors (Lipinski definition) is 10. The van der Waals surface area contributed by atoms with Gasteiger partial charge in [0.05, 0.1) is 22.3 Å². The summed E-state index contributed by atoms with van der Waals surface area (Å²) in [4.78, 5) is 91.1. The van der Waals surface area contributed by atoms with E-state index in [-0.39, 0.29) is 137 Å². The first-order chi connectivity index (χ1) is 40.9. The highest BCUT2D eigenvalue weighted by Gasteiger charge is 2.46. The van der Waals surface area contributed by atoms with E-state index in [4.69, 9.17) is 18.9 Å². The normalized spacial score (nSPS) is 14.2. The molecule has 0 fully saturated rings. The summed E-state index contributed by atoms with van der Waals surface area (Å²) < 4.78 is 28.5. The molecule has 0 aromatic heterocycles. The van der Waals surface area contributed by atoms with Crippen LogP contribution in [0.1, 0.15) is 183 Å². The summed E-state index contributed by atoms with van der Waals surface area (Å²) >= 11 is 0. The molecule has 440 valence electrons. The monoisotopic (exact) mass is 1150 g/mol. The third kappa shape index (κ3) is 10.3. The maximum absolute atomic E-state index is 15.7. The van der Waals surface area contributed by atoms with Gasteiger partial charge in [0.25, 0.3) is 23.6 Å². The van der Waals surface area contributed by atoms with E-state index >= 15 is 19.2 Å². The highest BCUT2D eigenvalue weighted by molar-refractivity contribution is 6.45. The minimum Gasteiger partial charge on any atom is -0.480 e.